The van der Waals surface area contributed by atoms with Crippen molar-refractivity contribution in [1.29, 1.82) is 0 Å². The predicted molar refractivity (Wildman–Crippen MR) is 109 cm³/mol. The third-order valence-corrected chi connectivity index (χ3v) is 4.87. The number of aromatic nitrogens is 2. The van der Waals surface area contributed by atoms with Crippen molar-refractivity contribution in [3.05, 3.63) is 72.0 Å². The minimum atomic E-state index is -0.00762. The SMILES string of the molecule is O=C(CCCSc1ccc(Cl)cc1)Nc1ccc(Oc2ncccn2)cc1. The molecule has 0 aliphatic rings. The first-order chi connectivity index (χ1) is 13.2. The summed E-state index contributed by atoms with van der Waals surface area (Å²) in [5.41, 5.74) is 0.728. The Kier molecular flexibility index (Phi) is 7.07. The molecule has 0 unspecified atom stereocenters. The van der Waals surface area contributed by atoms with E-state index in [1.807, 2.05) is 24.3 Å². The van der Waals surface area contributed by atoms with Crippen LogP contribution in [0, 0.1) is 0 Å². The molecule has 3 rings (SSSR count). The molecule has 7 heteroatoms. The van der Waals surface area contributed by atoms with E-state index in [9.17, 15) is 4.79 Å². The number of hydrogen-bond acceptors (Lipinski definition) is 5. The maximum Gasteiger partial charge on any atom is 0.321 e. The molecule has 138 valence electrons. The zero-order valence-corrected chi connectivity index (χ0v) is 16.0. The maximum absolute atomic E-state index is 12.1. The summed E-state index contributed by atoms with van der Waals surface area (Å²) in [5, 5.41) is 3.61. The topological polar surface area (TPSA) is 64.1 Å². The third-order valence-electron chi connectivity index (χ3n) is 3.52. The van der Waals surface area contributed by atoms with E-state index in [0.717, 1.165) is 27.8 Å². The molecule has 0 aliphatic carbocycles. The summed E-state index contributed by atoms with van der Waals surface area (Å²) in [6, 6.07) is 16.8. The number of thioether (sulfide) groups is 1. The van der Waals surface area contributed by atoms with E-state index >= 15 is 0 Å². The van der Waals surface area contributed by atoms with E-state index < -0.39 is 0 Å². The average Bonchev–Trinajstić information content (AvgIpc) is 2.69. The van der Waals surface area contributed by atoms with Gasteiger partial charge in [-0.05, 0) is 66.8 Å². The molecule has 5 nitrogen and oxygen atoms in total. The van der Waals surface area contributed by atoms with Gasteiger partial charge in [-0.1, -0.05) is 11.6 Å². The maximum atomic E-state index is 12.1. The van der Waals surface area contributed by atoms with Crippen molar-refractivity contribution < 1.29 is 9.53 Å². The molecule has 0 spiro atoms. The largest absolute Gasteiger partial charge is 0.424 e. The molecule has 27 heavy (non-hydrogen) atoms. The molecule has 0 aliphatic heterocycles. The molecule has 1 amide bonds. The lowest BCUT2D eigenvalue weighted by Gasteiger charge is -2.07. The van der Waals surface area contributed by atoms with Crippen LogP contribution in [-0.2, 0) is 4.79 Å². The molecule has 0 radical (unpaired) electrons. The van der Waals surface area contributed by atoms with Crippen LogP contribution in [0.2, 0.25) is 5.02 Å². The first kappa shape index (κ1) is 19.2. The van der Waals surface area contributed by atoms with Crippen LogP contribution in [0.1, 0.15) is 12.8 Å². The van der Waals surface area contributed by atoms with Gasteiger partial charge in [0.1, 0.15) is 5.75 Å². The number of carbonyl (C=O) groups is 1. The zero-order valence-electron chi connectivity index (χ0n) is 14.5. The Balaban J connectivity index is 1.39. The highest BCUT2D eigenvalue weighted by Gasteiger charge is 2.04. The van der Waals surface area contributed by atoms with Crippen molar-refractivity contribution in [3.8, 4) is 11.8 Å². The predicted octanol–water partition coefficient (Wildman–Crippen LogP) is 5.43. The molecule has 0 atom stereocenters. The van der Waals surface area contributed by atoms with Gasteiger partial charge in [-0.25, -0.2) is 9.97 Å². The summed E-state index contributed by atoms with van der Waals surface area (Å²) < 4.78 is 5.52. The van der Waals surface area contributed by atoms with Crippen molar-refractivity contribution in [2.45, 2.75) is 17.7 Å². The molecule has 0 bridgehead atoms. The molecule has 1 N–H and O–H groups in total. The highest BCUT2D eigenvalue weighted by atomic mass is 35.5. The number of carbonyl (C=O) groups excluding carboxylic acids is 1. The number of ether oxygens (including phenoxy) is 1. The first-order valence-electron chi connectivity index (χ1n) is 8.42. The molecule has 3 aromatic rings. The molecule has 0 saturated carbocycles. The number of anilines is 1. The van der Waals surface area contributed by atoms with Crippen LogP contribution in [0.3, 0.4) is 0 Å². The van der Waals surface area contributed by atoms with E-state index in [-0.39, 0.29) is 11.9 Å². The standard InChI is InChI=1S/C20H18ClN3O2S/c21-15-4-10-18(11-5-15)27-14-1-3-19(25)24-16-6-8-17(9-7-16)26-20-22-12-2-13-23-20/h2,4-13H,1,3,14H2,(H,24,25). The van der Waals surface area contributed by atoms with Gasteiger partial charge in [-0.15, -0.1) is 11.8 Å². The van der Waals surface area contributed by atoms with Gasteiger partial charge in [0.15, 0.2) is 0 Å². The van der Waals surface area contributed by atoms with Gasteiger partial charge >= 0.3 is 6.01 Å². The van der Waals surface area contributed by atoms with Crippen molar-refractivity contribution in [3.63, 3.8) is 0 Å². The van der Waals surface area contributed by atoms with E-state index in [0.29, 0.717) is 12.2 Å². The number of nitrogens with zero attached hydrogens (tertiary/aromatic N) is 2. The van der Waals surface area contributed by atoms with Crippen LogP contribution in [0.25, 0.3) is 0 Å². The summed E-state index contributed by atoms with van der Waals surface area (Å²) >= 11 is 7.58. The molecular formula is C20H18ClN3O2S. The van der Waals surface area contributed by atoms with Crippen LogP contribution < -0.4 is 10.1 Å². The molecule has 1 heterocycles. The summed E-state index contributed by atoms with van der Waals surface area (Å²) in [4.78, 5) is 21.2. The van der Waals surface area contributed by atoms with Gasteiger partial charge in [0.25, 0.3) is 0 Å². The fourth-order valence-corrected chi connectivity index (χ4v) is 3.21. The highest BCUT2D eigenvalue weighted by molar-refractivity contribution is 7.99. The minimum absolute atomic E-state index is 0.00762. The zero-order chi connectivity index (χ0) is 18.9. The van der Waals surface area contributed by atoms with Crippen LogP contribution in [0.5, 0.6) is 11.8 Å². The van der Waals surface area contributed by atoms with Crippen molar-refractivity contribution in [2.24, 2.45) is 0 Å². The van der Waals surface area contributed by atoms with E-state index in [1.165, 1.54) is 0 Å². The van der Waals surface area contributed by atoms with Crippen molar-refractivity contribution in [1.82, 2.24) is 9.97 Å². The average molecular weight is 400 g/mol. The lowest BCUT2D eigenvalue weighted by atomic mass is 10.2. The number of hydrogen-bond donors (Lipinski definition) is 1. The second-order valence-electron chi connectivity index (χ2n) is 5.61. The van der Waals surface area contributed by atoms with Crippen LogP contribution in [-0.4, -0.2) is 21.6 Å². The Morgan fingerprint density at radius 3 is 2.44 bits per heavy atom. The highest BCUT2D eigenvalue weighted by Crippen LogP contribution is 2.22. The van der Waals surface area contributed by atoms with Gasteiger partial charge in [0.2, 0.25) is 5.91 Å². The molecule has 2 aromatic carbocycles. The van der Waals surface area contributed by atoms with Crippen LogP contribution >= 0.6 is 23.4 Å². The second kappa shape index (κ2) is 9.94. The Morgan fingerprint density at radius 2 is 1.74 bits per heavy atom. The Labute approximate surface area is 167 Å². The summed E-state index contributed by atoms with van der Waals surface area (Å²) in [6.45, 7) is 0. The molecule has 0 saturated heterocycles. The molecular weight excluding hydrogens is 382 g/mol. The number of benzene rings is 2. The Bertz CT molecular complexity index is 859. The van der Waals surface area contributed by atoms with Gasteiger partial charge < -0.3 is 10.1 Å². The second-order valence-corrected chi connectivity index (χ2v) is 7.22. The van der Waals surface area contributed by atoms with E-state index in [1.54, 1.807) is 54.5 Å². The van der Waals surface area contributed by atoms with Gasteiger partial charge in [-0.2, -0.15) is 0 Å². The van der Waals surface area contributed by atoms with E-state index in [2.05, 4.69) is 15.3 Å². The summed E-state index contributed by atoms with van der Waals surface area (Å²) in [6.07, 6.45) is 4.49. The van der Waals surface area contributed by atoms with Gasteiger partial charge in [-0.3, -0.25) is 4.79 Å². The fraction of sp³-hybridized carbons (Fsp3) is 0.150. The molecule has 1 aromatic heterocycles. The van der Waals surface area contributed by atoms with Crippen LogP contribution in [0.4, 0.5) is 5.69 Å². The quantitative estimate of drug-likeness (QED) is 0.404. The van der Waals surface area contributed by atoms with Gasteiger partial charge in [0, 0.05) is 34.4 Å². The number of amides is 1. The minimum Gasteiger partial charge on any atom is -0.424 e. The normalized spacial score (nSPS) is 10.4. The fourth-order valence-electron chi connectivity index (χ4n) is 2.23. The lowest BCUT2D eigenvalue weighted by Crippen LogP contribution is -2.11. The van der Waals surface area contributed by atoms with Crippen LogP contribution in [0.15, 0.2) is 71.9 Å². The Hall–Kier alpha value is -2.57. The lowest BCUT2D eigenvalue weighted by molar-refractivity contribution is -0.116. The monoisotopic (exact) mass is 399 g/mol. The summed E-state index contributed by atoms with van der Waals surface area (Å²) in [5.74, 6) is 1.48. The van der Waals surface area contributed by atoms with Crippen molar-refractivity contribution in [2.75, 3.05) is 11.1 Å². The van der Waals surface area contributed by atoms with E-state index in [4.69, 9.17) is 16.3 Å². The smallest absolute Gasteiger partial charge is 0.321 e. The number of nitrogens with one attached hydrogen (secondary N) is 1. The Morgan fingerprint density at radius 1 is 1.04 bits per heavy atom. The summed E-state index contributed by atoms with van der Waals surface area (Å²) in [7, 11) is 0. The molecule has 0 fully saturated rings. The van der Waals surface area contributed by atoms with Gasteiger partial charge in [0.05, 0.1) is 0 Å². The number of rotatable bonds is 8. The number of halogens is 1. The third kappa shape index (κ3) is 6.58. The van der Waals surface area contributed by atoms with Crippen molar-refractivity contribution >= 4 is 35.0 Å². The first-order valence-corrected chi connectivity index (χ1v) is 9.78.